The molecule has 0 bridgehead atoms. The van der Waals surface area contributed by atoms with E-state index in [1.165, 1.54) is 49.7 Å². The van der Waals surface area contributed by atoms with E-state index >= 15 is 0 Å². The number of alkyl halides is 6. The zero-order chi connectivity index (χ0) is 19.2. The summed E-state index contributed by atoms with van der Waals surface area (Å²) >= 11 is 0. The normalized spacial score (nSPS) is 19.0. The first kappa shape index (κ1) is 18.0. The first-order valence-electron chi connectivity index (χ1n) is 7.21. The van der Waals surface area contributed by atoms with Crippen LogP contribution in [-0.2, 0) is 0 Å². The lowest BCUT2D eigenvalue weighted by molar-refractivity contribution is -0.292. The van der Waals surface area contributed by atoms with Crippen LogP contribution in [0.25, 0.3) is 0 Å². The van der Waals surface area contributed by atoms with E-state index in [2.05, 4.69) is 9.98 Å². The molecule has 0 radical (unpaired) electrons. The lowest BCUT2D eigenvalue weighted by Crippen LogP contribution is -2.58. The second kappa shape index (κ2) is 5.89. The highest BCUT2D eigenvalue weighted by atomic mass is 19.4. The average Bonchev–Trinajstić information content (AvgIpc) is 2.59. The molecule has 2 aliphatic rings. The van der Waals surface area contributed by atoms with Crippen molar-refractivity contribution in [2.24, 2.45) is 9.98 Å². The third-order valence-electron chi connectivity index (χ3n) is 3.75. The molecule has 2 heterocycles. The zero-order valence-electron chi connectivity index (χ0n) is 13.1. The number of ether oxygens (including phenoxy) is 1. The number of halogens is 6. The van der Waals surface area contributed by atoms with Gasteiger partial charge >= 0.3 is 18.0 Å². The molecule has 0 aromatic heterocycles. The number of aliphatic imine (C=N–C) groups is 2. The van der Waals surface area contributed by atoms with Gasteiger partial charge in [-0.05, 0) is 36.4 Å². The molecule has 26 heavy (non-hydrogen) atoms. The quantitative estimate of drug-likeness (QED) is 0.731. The Balaban J connectivity index is 2.24. The molecule has 1 aromatic rings. The van der Waals surface area contributed by atoms with Gasteiger partial charge in [0.25, 0.3) is 0 Å². The summed E-state index contributed by atoms with van der Waals surface area (Å²) in [6.45, 7) is 0. The number of fused-ring (bicyclic) bond motifs is 1. The number of allylic oxidation sites excluding steroid dienone is 2. The molecule has 4 nitrogen and oxygen atoms in total. The first-order chi connectivity index (χ1) is 12.1. The lowest BCUT2D eigenvalue weighted by atomic mass is 10.1. The number of nitrogens with zero attached hydrogens (tertiary/aromatic N) is 3. The highest BCUT2D eigenvalue weighted by Gasteiger charge is 2.73. The maximum Gasteiger partial charge on any atom is 0.443 e. The summed E-state index contributed by atoms with van der Waals surface area (Å²) in [6.07, 6.45) is -6.44. The zero-order valence-corrected chi connectivity index (χ0v) is 13.1. The van der Waals surface area contributed by atoms with Gasteiger partial charge in [-0.15, -0.1) is 0 Å². The minimum Gasteiger partial charge on any atom is -0.497 e. The minimum absolute atomic E-state index is 0.0519. The molecular formula is C16H11F6N3O. The second-order valence-electron chi connectivity index (χ2n) is 5.37. The molecule has 10 heteroatoms. The van der Waals surface area contributed by atoms with Crippen LogP contribution in [-0.4, -0.2) is 41.7 Å². The van der Waals surface area contributed by atoms with E-state index in [1.807, 2.05) is 0 Å². The van der Waals surface area contributed by atoms with Crippen molar-refractivity contribution in [2.45, 2.75) is 18.0 Å². The summed E-state index contributed by atoms with van der Waals surface area (Å²) in [6, 6.07) is 5.47. The van der Waals surface area contributed by atoms with Crippen molar-refractivity contribution in [1.29, 1.82) is 0 Å². The maximum atomic E-state index is 13.4. The number of amidine groups is 2. The maximum absolute atomic E-state index is 13.4. The minimum atomic E-state index is -5.77. The topological polar surface area (TPSA) is 37.2 Å². The molecule has 3 rings (SSSR count). The molecule has 0 saturated carbocycles. The Morgan fingerprint density at radius 3 is 2.08 bits per heavy atom. The van der Waals surface area contributed by atoms with Gasteiger partial charge in [-0.25, -0.2) is 9.98 Å². The van der Waals surface area contributed by atoms with E-state index in [0.29, 0.717) is 5.75 Å². The molecule has 0 saturated heterocycles. The first-order valence-corrected chi connectivity index (χ1v) is 7.21. The molecule has 1 aromatic carbocycles. The fourth-order valence-electron chi connectivity index (χ4n) is 2.46. The van der Waals surface area contributed by atoms with Crippen LogP contribution in [0.5, 0.6) is 5.75 Å². The predicted octanol–water partition coefficient (Wildman–Crippen LogP) is 4.06. The van der Waals surface area contributed by atoms with Gasteiger partial charge in [0.15, 0.2) is 0 Å². The molecule has 0 aliphatic carbocycles. The van der Waals surface area contributed by atoms with E-state index in [9.17, 15) is 26.3 Å². The molecule has 138 valence electrons. The van der Waals surface area contributed by atoms with Crippen LogP contribution in [0.1, 0.15) is 5.56 Å². The Kier molecular flexibility index (Phi) is 4.08. The third-order valence-corrected chi connectivity index (χ3v) is 3.75. The van der Waals surface area contributed by atoms with Crippen molar-refractivity contribution in [2.75, 3.05) is 7.11 Å². The van der Waals surface area contributed by atoms with Gasteiger partial charge in [0.05, 0.1) is 7.11 Å². The second-order valence-corrected chi connectivity index (χ2v) is 5.37. The molecule has 2 aliphatic heterocycles. The molecule has 0 N–H and O–H groups in total. The number of hydrogen-bond acceptors (Lipinski definition) is 4. The van der Waals surface area contributed by atoms with E-state index < -0.39 is 29.7 Å². The van der Waals surface area contributed by atoms with Crippen LogP contribution in [0.3, 0.4) is 0 Å². The summed E-state index contributed by atoms with van der Waals surface area (Å²) in [7, 11) is 1.38. The van der Waals surface area contributed by atoms with Crippen molar-refractivity contribution in [3.05, 3.63) is 54.3 Å². The summed E-state index contributed by atoms with van der Waals surface area (Å²) < 4.78 is 85.6. The number of rotatable bonds is 2. The van der Waals surface area contributed by atoms with Gasteiger partial charge in [0.1, 0.15) is 17.4 Å². The van der Waals surface area contributed by atoms with Crippen LogP contribution in [0.4, 0.5) is 26.3 Å². The predicted molar refractivity (Wildman–Crippen MR) is 81.9 cm³/mol. The molecule has 0 spiro atoms. The lowest BCUT2D eigenvalue weighted by Gasteiger charge is -2.38. The van der Waals surface area contributed by atoms with Gasteiger partial charge in [-0.3, -0.25) is 4.90 Å². The Morgan fingerprint density at radius 2 is 1.54 bits per heavy atom. The summed E-state index contributed by atoms with van der Waals surface area (Å²) in [5.41, 5.74) is -4.52. The van der Waals surface area contributed by atoms with Gasteiger partial charge in [-0.1, -0.05) is 6.08 Å². The largest absolute Gasteiger partial charge is 0.497 e. The van der Waals surface area contributed by atoms with Crippen molar-refractivity contribution in [3.63, 3.8) is 0 Å². The third kappa shape index (κ3) is 2.74. The summed E-state index contributed by atoms with van der Waals surface area (Å²) in [5, 5.41) is 0. The van der Waals surface area contributed by atoms with Crippen molar-refractivity contribution in [1.82, 2.24) is 4.90 Å². The van der Waals surface area contributed by atoms with Gasteiger partial charge in [-0.2, -0.15) is 26.3 Å². The van der Waals surface area contributed by atoms with Gasteiger partial charge in [0, 0.05) is 11.8 Å². The molecule has 0 fully saturated rings. The highest BCUT2D eigenvalue weighted by molar-refractivity contribution is 6.15. The van der Waals surface area contributed by atoms with Gasteiger partial charge < -0.3 is 4.74 Å². The fourth-order valence-corrected chi connectivity index (χ4v) is 2.46. The Hall–Kier alpha value is -2.78. The Bertz CT molecular complexity index is 804. The van der Waals surface area contributed by atoms with Crippen LogP contribution in [0.15, 0.2) is 58.7 Å². The van der Waals surface area contributed by atoms with Crippen molar-refractivity contribution in [3.8, 4) is 5.75 Å². The molecule has 0 unspecified atom stereocenters. The Morgan fingerprint density at radius 1 is 0.923 bits per heavy atom. The van der Waals surface area contributed by atoms with E-state index in [-0.39, 0.29) is 5.56 Å². The van der Waals surface area contributed by atoms with Gasteiger partial charge in [0.2, 0.25) is 0 Å². The summed E-state index contributed by atoms with van der Waals surface area (Å²) in [5.74, 6) is -0.637. The van der Waals surface area contributed by atoms with Crippen molar-refractivity contribution >= 4 is 11.7 Å². The van der Waals surface area contributed by atoms with Crippen LogP contribution in [0, 0.1) is 0 Å². The highest BCUT2D eigenvalue weighted by Crippen LogP contribution is 2.49. The smallest absolute Gasteiger partial charge is 0.443 e. The van der Waals surface area contributed by atoms with E-state index in [4.69, 9.17) is 4.74 Å². The van der Waals surface area contributed by atoms with E-state index in [0.717, 1.165) is 11.0 Å². The number of benzene rings is 1. The average molecular weight is 375 g/mol. The SMILES string of the molecule is COc1ccc(C2=NC(C(F)(F)F)(C(F)(F)F)N=C3C=CC=CN32)cc1. The monoisotopic (exact) mass is 375 g/mol. The molecule has 0 amide bonds. The van der Waals surface area contributed by atoms with Crippen LogP contribution in [0.2, 0.25) is 0 Å². The Labute approximate surface area is 143 Å². The van der Waals surface area contributed by atoms with Crippen LogP contribution >= 0.6 is 0 Å². The molecular weight excluding hydrogens is 364 g/mol. The summed E-state index contributed by atoms with van der Waals surface area (Å²) in [4.78, 5) is 7.04. The van der Waals surface area contributed by atoms with Crippen LogP contribution < -0.4 is 4.74 Å². The number of hydrogen-bond donors (Lipinski definition) is 0. The van der Waals surface area contributed by atoms with Crippen molar-refractivity contribution < 1.29 is 31.1 Å². The standard InChI is InChI=1S/C16H11F6N3O/c1-26-11-7-5-10(6-8-11)13-24-14(15(17,18)19,16(20,21)22)23-12-4-2-3-9-25(12)13/h2-9H,1H3. The molecule has 0 atom stereocenters. The fraction of sp³-hybridized carbons (Fsp3) is 0.250. The number of methoxy groups -OCH3 is 1. The van der Waals surface area contributed by atoms with E-state index in [1.54, 1.807) is 0 Å².